The van der Waals surface area contributed by atoms with Gasteiger partial charge in [0.05, 0.1) is 0 Å². The van der Waals surface area contributed by atoms with Crippen LogP contribution in [0.2, 0.25) is 36.3 Å². The van der Waals surface area contributed by atoms with E-state index in [-0.39, 0.29) is 5.97 Å². The highest BCUT2D eigenvalue weighted by Crippen LogP contribution is 2.44. The standard InChI is InChI=1S/C36H54O4Si2/c1-8-22-41(23-9-2,24-10-3)39-33-28-32(36(37)38-30-19-15-14-16-20-30)35(31-21-17-18-29(7)34(31)33)40-42(25-11-4,26-12-5)27-13-6/h14-21,28H,8-13,22-27H2,1-7H3. The average Bonchev–Trinajstić information content (AvgIpc) is 2.95. The van der Waals surface area contributed by atoms with Crippen LogP contribution in [0.5, 0.6) is 17.2 Å². The van der Waals surface area contributed by atoms with Gasteiger partial charge in [-0.2, -0.15) is 0 Å². The Morgan fingerprint density at radius 3 is 1.64 bits per heavy atom. The number of carbonyl (C=O) groups is 1. The van der Waals surface area contributed by atoms with Crippen LogP contribution in [0.4, 0.5) is 0 Å². The minimum atomic E-state index is -2.18. The van der Waals surface area contributed by atoms with E-state index in [9.17, 15) is 4.79 Å². The van der Waals surface area contributed by atoms with E-state index in [0.29, 0.717) is 17.1 Å². The Kier molecular flexibility index (Phi) is 13.2. The van der Waals surface area contributed by atoms with Crippen molar-refractivity contribution in [2.75, 3.05) is 0 Å². The predicted molar refractivity (Wildman–Crippen MR) is 183 cm³/mol. The Morgan fingerprint density at radius 2 is 1.14 bits per heavy atom. The molecule has 3 rings (SSSR count). The second kappa shape index (κ2) is 16.3. The summed E-state index contributed by atoms with van der Waals surface area (Å²) in [4.78, 5) is 14.1. The Labute approximate surface area is 257 Å². The van der Waals surface area contributed by atoms with E-state index >= 15 is 0 Å². The number of ether oxygens (including phenoxy) is 1. The van der Waals surface area contributed by atoms with Crippen LogP contribution in [0.3, 0.4) is 0 Å². The Bertz CT molecular complexity index is 1240. The highest BCUT2D eigenvalue weighted by Gasteiger charge is 2.38. The molecule has 3 aromatic rings. The fraction of sp³-hybridized carbons (Fsp3) is 0.528. The summed E-state index contributed by atoms with van der Waals surface area (Å²) in [7, 11) is -4.28. The molecule has 0 heterocycles. The largest absolute Gasteiger partial charge is 0.543 e. The summed E-state index contributed by atoms with van der Waals surface area (Å²) in [5.74, 6) is 1.67. The van der Waals surface area contributed by atoms with Gasteiger partial charge in [0.25, 0.3) is 16.6 Å². The van der Waals surface area contributed by atoms with Gasteiger partial charge >= 0.3 is 5.97 Å². The van der Waals surface area contributed by atoms with Crippen LogP contribution in [0.15, 0.2) is 54.6 Å². The highest BCUT2D eigenvalue weighted by molar-refractivity contribution is 6.75. The van der Waals surface area contributed by atoms with Crippen LogP contribution in [-0.2, 0) is 0 Å². The van der Waals surface area contributed by atoms with Crippen molar-refractivity contribution in [3.05, 3.63) is 65.7 Å². The summed E-state index contributed by atoms with van der Waals surface area (Å²) >= 11 is 0. The SMILES string of the molecule is CCC[Si](CCC)(CCC)Oc1c(C(=O)Oc2ccccc2)cc(O[Si](CCC)(CCC)CCC)c2c(C)cccc12. The van der Waals surface area contributed by atoms with Crippen molar-refractivity contribution < 1.29 is 18.4 Å². The summed E-state index contributed by atoms with van der Waals surface area (Å²) in [5, 5.41) is 2.05. The summed E-state index contributed by atoms with van der Waals surface area (Å²) < 4.78 is 20.6. The van der Waals surface area contributed by atoms with Crippen LogP contribution in [0, 0.1) is 6.92 Å². The first-order chi connectivity index (χ1) is 20.3. The first kappa shape index (κ1) is 33.9. The van der Waals surface area contributed by atoms with Gasteiger partial charge in [-0.3, -0.25) is 0 Å². The monoisotopic (exact) mass is 606 g/mol. The van der Waals surface area contributed by atoms with Crippen LogP contribution in [-0.4, -0.2) is 22.6 Å². The zero-order valence-corrected chi connectivity index (χ0v) is 29.3. The van der Waals surface area contributed by atoms with Crippen LogP contribution in [0.25, 0.3) is 10.8 Å². The highest BCUT2D eigenvalue weighted by atomic mass is 28.4. The summed E-state index contributed by atoms with van der Waals surface area (Å²) in [6.45, 7) is 15.7. The molecule has 0 saturated heterocycles. The molecule has 0 spiro atoms. The van der Waals surface area contributed by atoms with Crippen molar-refractivity contribution in [1.82, 2.24) is 0 Å². The molecule has 0 amide bonds. The Morgan fingerprint density at radius 1 is 0.643 bits per heavy atom. The van der Waals surface area contributed by atoms with Crippen LogP contribution in [0.1, 0.15) is 96.0 Å². The molecule has 6 heteroatoms. The Balaban J connectivity index is 2.32. The lowest BCUT2D eigenvalue weighted by Crippen LogP contribution is -2.42. The van der Waals surface area contributed by atoms with Crippen molar-refractivity contribution in [3.8, 4) is 17.2 Å². The number of esters is 1. The molecule has 0 aliphatic heterocycles. The third kappa shape index (κ3) is 8.28. The van der Waals surface area contributed by atoms with Gasteiger partial charge in [-0.15, -0.1) is 0 Å². The van der Waals surface area contributed by atoms with Crippen molar-refractivity contribution in [1.29, 1.82) is 0 Å². The second-order valence-electron chi connectivity index (χ2n) is 12.0. The number of rotatable bonds is 18. The molecule has 0 fully saturated rings. The first-order valence-electron chi connectivity index (χ1n) is 16.5. The normalized spacial score (nSPS) is 12.0. The topological polar surface area (TPSA) is 44.8 Å². The molecule has 0 N–H and O–H groups in total. The maximum atomic E-state index is 14.1. The minimum absolute atomic E-state index is 0.384. The van der Waals surface area contributed by atoms with E-state index in [4.69, 9.17) is 13.6 Å². The zero-order valence-electron chi connectivity index (χ0n) is 27.3. The third-order valence-electron chi connectivity index (χ3n) is 8.34. The molecule has 0 unspecified atom stereocenters. The molecule has 0 aliphatic rings. The van der Waals surface area contributed by atoms with E-state index in [2.05, 4.69) is 66.7 Å². The average molecular weight is 607 g/mol. The number of hydrogen-bond donors (Lipinski definition) is 0. The van der Waals surface area contributed by atoms with Crippen molar-refractivity contribution >= 4 is 33.4 Å². The van der Waals surface area contributed by atoms with Gasteiger partial charge in [0.2, 0.25) is 0 Å². The van der Waals surface area contributed by atoms with E-state index in [1.165, 1.54) is 0 Å². The number of aryl methyl sites for hydroxylation is 1. The second-order valence-corrected chi connectivity index (χ2v) is 20.2. The molecule has 42 heavy (non-hydrogen) atoms. The maximum absolute atomic E-state index is 14.1. The summed E-state index contributed by atoms with van der Waals surface area (Å²) in [5.41, 5.74) is 1.64. The lowest BCUT2D eigenvalue weighted by atomic mass is 10.0. The molecule has 230 valence electrons. The molecule has 0 saturated carbocycles. The van der Waals surface area contributed by atoms with E-state index in [0.717, 1.165) is 96.9 Å². The smallest absolute Gasteiger partial charge is 0.347 e. The Hall–Kier alpha value is -2.58. The molecular formula is C36H54O4Si2. The summed E-state index contributed by atoms with van der Waals surface area (Å²) in [6.07, 6.45) is 6.54. The van der Waals surface area contributed by atoms with Gasteiger partial charge in [0.1, 0.15) is 22.8 Å². The quantitative estimate of drug-likeness (QED) is 0.0820. The molecule has 3 aromatic carbocycles. The molecule has 0 aliphatic carbocycles. The molecule has 0 aromatic heterocycles. The van der Waals surface area contributed by atoms with Crippen molar-refractivity contribution in [2.45, 2.75) is 123 Å². The maximum Gasteiger partial charge on any atom is 0.347 e. The lowest BCUT2D eigenvalue weighted by Gasteiger charge is -2.35. The molecule has 0 bridgehead atoms. The number of carbonyl (C=O) groups excluding carboxylic acids is 1. The molecule has 4 nitrogen and oxygen atoms in total. The van der Waals surface area contributed by atoms with E-state index < -0.39 is 16.6 Å². The van der Waals surface area contributed by atoms with Crippen LogP contribution >= 0.6 is 0 Å². The number of benzene rings is 3. The lowest BCUT2D eigenvalue weighted by molar-refractivity contribution is 0.0732. The van der Waals surface area contributed by atoms with E-state index in [1.807, 2.05) is 36.4 Å². The third-order valence-corrected chi connectivity index (χ3v) is 18.1. The van der Waals surface area contributed by atoms with Crippen LogP contribution < -0.4 is 13.6 Å². The van der Waals surface area contributed by atoms with E-state index in [1.54, 1.807) is 0 Å². The van der Waals surface area contributed by atoms with Crippen molar-refractivity contribution in [2.24, 2.45) is 0 Å². The minimum Gasteiger partial charge on any atom is -0.543 e. The summed E-state index contributed by atoms with van der Waals surface area (Å²) in [6, 6.07) is 24.3. The van der Waals surface area contributed by atoms with Gasteiger partial charge in [-0.1, -0.05) is 116 Å². The first-order valence-corrected chi connectivity index (χ1v) is 21.6. The van der Waals surface area contributed by atoms with Gasteiger partial charge in [-0.25, -0.2) is 4.79 Å². The fourth-order valence-corrected chi connectivity index (χ4v) is 15.7. The predicted octanol–water partition coefficient (Wildman–Crippen LogP) is 11.5. The molecular weight excluding hydrogens is 553 g/mol. The number of para-hydroxylation sites is 1. The van der Waals surface area contributed by atoms with Gasteiger partial charge in [0.15, 0.2) is 0 Å². The van der Waals surface area contributed by atoms with Gasteiger partial charge in [-0.05, 0) is 67.0 Å². The molecule has 0 radical (unpaired) electrons. The van der Waals surface area contributed by atoms with Crippen molar-refractivity contribution in [3.63, 3.8) is 0 Å². The zero-order chi connectivity index (χ0) is 30.6. The fourth-order valence-electron chi connectivity index (χ4n) is 6.83. The number of fused-ring (bicyclic) bond motifs is 1. The van der Waals surface area contributed by atoms with Gasteiger partial charge < -0.3 is 13.6 Å². The molecule has 0 atom stereocenters. The van der Waals surface area contributed by atoms with Gasteiger partial charge in [0, 0.05) is 10.8 Å². The number of hydrogen-bond acceptors (Lipinski definition) is 4.